The minimum Gasteiger partial charge on any atom is -0.481 e. The van der Waals surface area contributed by atoms with Gasteiger partial charge in [0.05, 0.1) is 5.92 Å². The summed E-state index contributed by atoms with van der Waals surface area (Å²) >= 11 is 0. The van der Waals surface area contributed by atoms with Crippen LogP contribution in [0.15, 0.2) is 18.2 Å². The van der Waals surface area contributed by atoms with Gasteiger partial charge in [-0.2, -0.15) is 0 Å². The molecular weight excluding hydrogens is 212 g/mol. The molecule has 2 heteroatoms. The third-order valence-electron chi connectivity index (χ3n) is 3.47. The van der Waals surface area contributed by atoms with Crippen molar-refractivity contribution < 1.29 is 9.90 Å². The maximum Gasteiger partial charge on any atom is 0.311 e. The molecule has 2 nitrogen and oxygen atoms in total. The highest BCUT2D eigenvalue weighted by Gasteiger charge is 2.26. The van der Waals surface area contributed by atoms with Crippen LogP contribution in [-0.4, -0.2) is 11.1 Å². The summed E-state index contributed by atoms with van der Waals surface area (Å²) in [6, 6.07) is 5.98. The second kappa shape index (κ2) is 5.85. The zero-order valence-corrected chi connectivity index (χ0v) is 11.2. The van der Waals surface area contributed by atoms with Gasteiger partial charge in [0, 0.05) is 0 Å². The lowest BCUT2D eigenvalue weighted by atomic mass is 9.83. The van der Waals surface area contributed by atoms with Crippen molar-refractivity contribution in [3.8, 4) is 0 Å². The number of carboxylic acid groups (broad SMARTS) is 1. The first kappa shape index (κ1) is 13.8. The average molecular weight is 234 g/mol. The molecule has 0 bridgehead atoms. The molecule has 0 aliphatic heterocycles. The molecule has 94 valence electrons. The molecule has 2 atom stereocenters. The highest BCUT2D eigenvalue weighted by atomic mass is 16.4. The summed E-state index contributed by atoms with van der Waals surface area (Å²) in [6.07, 6.45) is 1.97. The molecule has 2 unspecified atom stereocenters. The van der Waals surface area contributed by atoms with Gasteiger partial charge in [-0.25, -0.2) is 0 Å². The van der Waals surface area contributed by atoms with Crippen molar-refractivity contribution in [3.05, 3.63) is 34.9 Å². The molecule has 0 saturated heterocycles. The summed E-state index contributed by atoms with van der Waals surface area (Å²) < 4.78 is 0. The molecule has 0 amide bonds. The van der Waals surface area contributed by atoms with Gasteiger partial charge in [0.25, 0.3) is 0 Å². The van der Waals surface area contributed by atoms with Crippen molar-refractivity contribution in [3.63, 3.8) is 0 Å². The van der Waals surface area contributed by atoms with Gasteiger partial charge in [0.1, 0.15) is 0 Å². The van der Waals surface area contributed by atoms with Crippen molar-refractivity contribution in [2.45, 2.75) is 46.5 Å². The molecule has 0 saturated carbocycles. The van der Waals surface area contributed by atoms with Crippen LogP contribution in [0.2, 0.25) is 0 Å². The predicted molar refractivity (Wildman–Crippen MR) is 70.4 cm³/mol. The third kappa shape index (κ3) is 3.32. The molecule has 0 aliphatic carbocycles. The van der Waals surface area contributed by atoms with E-state index in [1.165, 1.54) is 5.56 Å². The molecular formula is C15H22O2. The van der Waals surface area contributed by atoms with E-state index in [1.807, 2.05) is 39.0 Å². The minimum absolute atomic E-state index is 0.180. The monoisotopic (exact) mass is 234 g/mol. The smallest absolute Gasteiger partial charge is 0.311 e. The summed E-state index contributed by atoms with van der Waals surface area (Å²) in [5.41, 5.74) is 3.31. The number of benzene rings is 1. The van der Waals surface area contributed by atoms with Crippen LogP contribution in [0.25, 0.3) is 0 Å². The third-order valence-corrected chi connectivity index (χ3v) is 3.47. The van der Waals surface area contributed by atoms with Gasteiger partial charge in [-0.1, -0.05) is 38.5 Å². The van der Waals surface area contributed by atoms with E-state index < -0.39 is 5.97 Å². The van der Waals surface area contributed by atoms with Crippen LogP contribution in [0.5, 0.6) is 0 Å². The van der Waals surface area contributed by atoms with E-state index in [0.29, 0.717) is 0 Å². The zero-order valence-electron chi connectivity index (χ0n) is 11.2. The van der Waals surface area contributed by atoms with Gasteiger partial charge in [0.15, 0.2) is 0 Å². The first-order valence-corrected chi connectivity index (χ1v) is 6.27. The molecule has 0 spiro atoms. The topological polar surface area (TPSA) is 37.3 Å². The van der Waals surface area contributed by atoms with E-state index >= 15 is 0 Å². The van der Waals surface area contributed by atoms with Crippen LogP contribution in [0.1, 0.15) is 49.3 Å². The number of rotatable bonds is 5. The number of hydrogen-bond acceptors (Lipinski definition) is 1. The Morgan fingerprint density at radius 3 is 2.41 bits per heavy atom. The first-order valence-electron chi connectivity index (χ1n) is 6.27. The van der Waals surface area contributed by atoms with Gasteiger partial charge in [-0.3, -0.25) is 4.79 Å². The summed E-state index contributed by atoms with van der Waals surface area (Å²) in [6.45, 7) is 8.19. The molecule has 1 aromatic carbocycles. The van der Waals surface area contributed by atoms with Crippen LogP contribution >= 0.6 is 0 Å². The Morgan fingerprint density at radius 1 is 1.29 bits per heavy atom. The van der Waals surface area contributed by atoms with Crippen molar-refractivity contribution in [2.75, 3.05) is 0 Å². The number of hydrogen-bond donors (Lipinski definition) is 1. The van der Waals surface area contributed by atoms with E-state index in [-0.39, 0.29) is 11.8 Å². The van der Waals surface area contributed by atoms with Crippen LogP contribution in [0.4, 0.5) is 0 Å². The van der Waals surface area contributed by atoms with E-state index in [0.717, 1.165) is 24.0 Å². The Hall–Kier alpha value is -1.31. The number of aliphatic carboxylic acids is 1. The van der Waals surface area contributed by atoms with Crippen molar-refractivity contribution in [1.82, 2.24) is 0 Å². The Bertz CT molecular complexity index is 396. The molecule has 17 heavy (non-hydrogen) atoms. The zero-order chi connectivity index (χ0) is 13.0. The van der Waals surface area contributed by atoms with Gasteiger partial charge >= 0.3 is 5.97 Å². The van der Waals surface area contributed by atoms with Gasteiger partial charge in [0.2, 0.25) is 0 Å². The maximum absolute atomic E-state index is 11.4. The van der Waals surface area contributed by atoms with Crippen LogP contribution in [0, 0.1) is 19.8 Å². The molecule has 0 fully saturated rings. The van der Waals surface area contributed by atoms with Gasteiger partial charge in [-0.15, -0.1) is 0 Å². The van der Waals surface area contributed by atoms with Gasteiger partial charge < -0.3 is 5.11 Å². The lowest BCUT2D eigenvalue weighted by Crippen LogP contribution is -2.19. The highest BCUT2D eigenvalue weighted by Crippen LogP contribution is 2.29. The fraction of sp³-hybridized carbons (Fsp3) is 0.533. The molecule has 1 N–H and O–H groups in total. The fourth-order valence-electron chi connectivity index (χ4n) is 2.29. The second-order valence-electron chi connectivity index (χ2n) is 4.93. The first-order chi connectivity index (χ1) is 7.97. The fourth-order valence-corrected chi connectivity index (χ4v) is 2.29. The lowest BCUT2D eigenvalue weighted by Gasteiger charge is -2.20. The summed E-state index contributed by atoms with van der Waals surface area (Å²) in [4.78, 5) is 11.4. The van der Waals surface area contributed by atoms with E-state index in [9.17, 15) is 9.90 Å². The Kier molecular flexibility index (Phi) is 4.73. The molecule has 1 rings (SSSR count). The molecule has 0 aliphatic rings. The van der Waals surface area contributed by atoms with E-state index in [4.69, 9.17) is 0 Å². The van der Waals surface area contributed by atoms with Crippen LogP contribution in [0.3, 0.4) is 0 Å². The molecule has 0 heterocycles. The lowest BCUT2D eigenvalue weighted by molar-refractivity contribution is -0.140. The Morgan fingerprint density at radius 2 is 1.94 bits per heavy atom. The van der Waals surface area contributed by atoms with Gasteiger partial charge in [-0.05, 0) is 42.9 Å². The second-order valence-corrected chi connectivity index (χ2v) is 4.93. The summed E-state index contributed by atoms with van der Waals surface area (Å²) in [5, 5.41) is 9.38. The van der Waals surface area contributed by atoms with Crippen molar-refractivity contribution in [1.29, 1.82) is 0 Å². The average Bonchev–Trinajstić information content (AvgIpc) is 2.23. The van der Waals surface area contributed by atoms with Crippen molar-refractivity contribution >= 4 is 5.97 Å². The molecule has 1 aromatic rings. The number of carbonyl (C=O) groups is 1. The Labute approximate surface area is 104 Å². The quantitative estimate of drug-likeness (QED) is 0.838. The van der Waals surface area contributed by atoms with Crippen LogP contribution < -0.4 is 0 Å². The van der Waals surface area contributed by atoms with Crippen LogP contribution in [-0.2, 0) is 4.79 Å². The number of aryl methyl sites for hydroxylation is 2. The number of carboxylic acids is 1. The summed E-state index contributed by atoms with van der Waals surface area (Å²) in [7, 11) is 0. The Balaban J connectivity index is 3.05. The highest BCUT2D eigenvalue weighted by molar-refractivity contribution is 5.76. The maximum atomic E-state index is 11.4. The normalized spacial score (nSPS) is 14.4. The van der Waals surface area contributed by atoms with E-state index in [2.05, 4.69) is 6.92 Å². The SMILES string of the molecule is CCCC(C)C(C(=O)O)c1ccc(C)c(C)c1. The largest absolute Gasteiger partial charge is 0.481 e. The van der Waals surface area contributed by atoms with E-state index in [1.54, 1.807) is 0 Å². The molecule has 0 radical (unpaired) electrons. The summed E-state index contributed by atoms with van der Waals surface area (Å²) in [5.74, 6) is -0.914. The minimum atomic E-state index is -0.714. The molecule has 0 aromatic heterocycles. The predicted octanol–water partition coefficient (Wildman–Crippen LogP) is 3.91. The standard InChI is InChI=1S/C15H22O2/c1-5-6-11(3)14(15(16)17)13-8-7-10(2)12(4)9-13/h7-9,11,14H,5-6H2,1-4H3,(H,16,17). The van der Waals surface area contributed by atoms with Crippen molar-refractivity contribution in [2.24, 2.45) is 5.92 Å².